The third kappa shape index (κ3) is 3.26. The molecular weight excluding hydrogens is 310 g/mol. The maximum atomic E-state index is 13.1. The molecule has 0 unspecified atom stereocenters. The van der Waals surface area contributed by atoms with E-state index in [0.29, 0.717) is 6.07 Å². The van der Waals surface area contributed by atoms with Gasteiger partial charge in [0.15, 0.2) is 0 Å². The van der Waals surface area contributed by atoms with Gasteiger partial charge >= 0.3 is 12.4 Å². The first-order chi connectivity index (χ1) is 9.98. The van der Waals surface area contributed by atoms with Crippen LogP contribution in [0, 0.1) is 0 Å². The van der Waals surface area contributed by atoms with Crippen molar-refractivity contribution in [1.82, 2.24) is 0 Å². The predicted octanol–water partition coefficient (Wildman–Crippen LogP) is 4.56. The van der Waals surface area contributed by atoms with Crippen LogP contribution in [0.5, 0.6) is 0 Å². The second-order valence-electron chi connectivity index (χ2n) is 4.64. The lowest BCUT2D eigenvalue weighted by Crippen LogP contribution is -2.12. The molecule has 0 amide bonds. The summed E-state index contributed by atoms with van der Waals surface area (Å²) in [5.74, 6) is 0. The van der Waals surface area contributed by atoms with Crippen molar-refractivity contribution >= 4 is 11.4 Å². The lowest BCUT2D eigenvalue weighted by Gasteiger charge is -2.16. The van der Waals surface area contributed by atoms with Crippen molar-refractivity contribution in [2.24, 2.45) is 0 Å². The highest BCUT2D eigenvalue weighted by Crippen LogP contribution is 2.41. The SMILES string of the molecule is Nc1cc(N)cc(-c2ccc(C(F)(F)F)cc2C(F)(F)F)c1. The van der Waals surface area contributed by atoms with Gasteiger partial charge in [-0.05, 0) is 41.5 Å². The summed E-state index contributed by atoms with van der Waals surface area (Å²) in [5, 5.41) is 0. The summed E-state index contributed by atoms with van der Waals surface area (Å²) in [7, 11) is 0. The van der Waals surface area contributed by atoms with Crippen molar-refractivity contribution in [3.63, 3.8) is 0 Å². The Kier molecular flexibility index (Phi) is 3.72. The molecule has 118 valence electrons. The zero-order chi connectivity index (χ0) is 16.7. The Bertz CT molecular complexity index is 683. The van der Waals surface area contributed by atoms with E-state index in [2.05, 4.69) is 0 Å². The summed E-state index contributed by atoms with van der Waals surface area (Å²) in [6.07, 6.45) is -9.82. The minimum absolute atomic E-state index is 0.00134. The molecule has 0 aliphatic heterocycles. The number of nitrogens with two attached hydrogens (primary N) is 2. The molecular formula is C14H10F6N2. The highest BCUT2D eigenvalue weighted by atomic mass is 19.4. The Morgan fingerprint density at radius 2 is 1.23 bits per heavy atom. The molecule has 8 heteroatoms. The molecule has 0 aliphatic rings. The standard InChI is InChI=1S/C14H10F6N2/c15-13(16,17)8-1-2-11(12(5-8)14(18,19)20)7-3-9(21)6-10(22)4-7/h1-6H,21-22H2. The van der Waals surface area contributed by atoms with Crippen LogP contribution in [0.25, 0.3) is 11.1 Å². The first-order valence-corrected chi connectivity index (χ1v) is 5.93. The van der Waals surface area contributed by atoms with E-state index in [-0.39, 0.29) is 23.0 Å². The molecule has 0 saturated heterocycles. The van der Waals surface area contributed by atoms with Gasteiger partial charge in [-0.1, -0.05) is 6.07 Å². The zero-order valence-corrected chi connectivity index (χ0v) is 10.9. The number of rotatable bonds is 1. The summed E-state index contributed by atoms with van der Waals surface area (Å²) < 4.78 is 77.1. The molecule has 0 bridgehead atoms. The fourth-order valence-electron chi connectivity index (χ4n) is 2.04. The van der Waals surface area contributed by atoms with Crippen molar-refractivity contribution in [2.45, 2.75) is 12.4 Å². The van der Waals surface area contributed by atoms with Gasteiger partial charge < -0.3 is 11.5 Å². The molecule has 0 atom stereocenters. The van der Waals surface area contributed by atoms with Gasteiger partial charge in [0.05, 0.1) is 11.1 Å². The molecule has 2 nitrogen and oxygen atoms in total. The molecule has 0 heterocycles. The lowest BCUT2D eigenvalue weighted by atomic mass is 9.96. The quantitative estimate of drug-likeness (QED) is 0.598. The van der Waals surface area contributed by atoms with E-state index in [1.165, 1.54) is 18.2 Å². The molecule has 0 saturated carbocycles. The zero-order valence-electron chi connectivity index (χ0n) is 10.9. The monoisotopic (exact) mass is 320 g/mol. The van der Waals surface area contributed by atoms with Crippen molar-refractivity contribution in [2.75, 3.05) is 11.5 Å². The Morgan fingerprint density at radius 1 is 0.682 bits per heavy atom. The fourth-order valence-corrected chi connectivity index (χ4v) is 2.04. The largest absolute Gasteiger partial charge is 0.417 e. The number of anilines is 2. The predicted molar refractivity (Wildman–Crippen MR) is 70.7 cm³/mol. The van der Waals surface area contributed by atoms with Gasteiger partial charge in [-0.2, -0.15) is 26.3 Å². The molecule has 0 aliphatic carbocycles. The van der Waals surface area contributed by atoms with Crippen LogP contribution < -0.4 is 11.5 Å². The van der Waals surface area contributed by atoms with E-state index in [9.17, 15) is 26.3 Å². The van der Waals surface area contributed by atoms with Crippen molar-refractivity contribution in [3.8, 4) is 11.1 Å². The summed E-state index contributed by atoms with van der Waals surface area (Å²) in [4.78, 5) is 0. The van der Waals surface area contributed by atoms with Gasteiger partial charge in [0.1, 0.15) is 0 Å². The van der Waals surface area contributed by atoms with Gasteiger partial charge in [-0.3, -0.25) is 0 Å². The Morgan fingerprint density at radius 3 is 1.68 bits per heavy atom. The van der Waals surface area contributed by atoms with Gasteiger partial charge in [-0.15, -0.1) is 0 Å². The molecule has 2 rings (SSSR count). The van der Waals surface area contributed by atoms with Gasteiger partial charge in [-0.25, -0.2) is 0 Å². The molecule has 2 aromatic carbocycles. The van der Waals surface area contributed by atoms with E-state index in [1.54, 1.807) is 0 Å². The topological polar surface area (TPSA) is 52.0 Å². The number of hydrogen-bond donors (Lipinski definition) is 2. The molecule has 0 radical (unpaired) electrons. The fraction of sp³-hybridized carbons (Fsp3) is 0.143. The average Bonchev–Trinajstić information content (AvgIpc) is 2.34. The van der Waals surface area contributed by atoms with Gasteiger partial charge in [0.25, 0.3) is 0 Å². The van der Waals surface area contributed by atoms with Crippen LogP contribution in [-0.2, 0) is 12.4 Å². The summed E-state index contributed by atoms with van der Waals surface area (Å²) >= 11 is 0. The van der Waals surface area contributed by atoms with Crippen LogP contribution in [-0.4, -0.2) is 0 Å². The third-order valence-corrected chi connectivity index (χ3v) is 2.94. The van der Waals surface area contributed by atoms with E-state index in [4.69, 9.17) is 11.5 Å². The Balaban J connectivity index is 2.70. The lowest BCUT2D eigenvalue weighted by molar-refractivity contribution is -0.142. The third-order valence-electron chi connectivity index (χ3n) is 2.94. The van der Waals surface area contributed by atoms with Crippen LogP contribution in [0.3, 0.4) is 0 Å². The summed E-state index contributed by atoms with van der Waals surface area (Å²) in [5.41, 5.74) is 8.07. The van der Waals surface area contributed by atoms with Crippen molar-refractivity contribution < 1.29 is 26.3 Å². The molecule has 2 aromatic rings. The Labute approximate surface area is 121 Å². The minimum atomic E-state index is -4.95. The van der Waals surface area contributed by atoms with Gasteiger partial charge in [0.2, 0.25) is 0 Å². The van der Waals surface area contributed by atoms with E-state index in [0.717, 1.165) is 6.07 Å². The average molecular weight is 320 g/mol. The number of benzene rings is 2. The van der Waals surface area contributed by atoms with Crippen LogP contribution in [0.4, 0.5) is 37.7 Å². The first kappa shape index (κ1) is 16.0. The molecule has 22 heavy (non-hydrogen) atoms. The number of alkyl halides is 6. The summed E-state index contributed by atoms with van der Waals surface area (Å²) in [6, 6.07) is 5.20. The Hall–Kier alpha value is -2.38. The van der Waals surface area contributed by atoms with Crippen molar-refractivity contribution in [1.29, 1.82) is 0 Å². The minimum Gasteiger partial charge on any atom is -0.399 e. The molecule has 0 spiro atoms. The first-order valence-electron chi connectivity index (χ1n) is 5.93. The number of nitrogen functional groups attached to an aromatic ring is 2. The summed E-state index contributed by atoms with van der Waals surface area (Å²) in [6.45, 7) is 0. The van der Waals surface area contributed by atoms with Crippen molar-refractivity contribution in [3.05, 3.63) is 47.5 Å². The molecule has 0 aromatic heterocycles. The van der Waals surface area contributed by atoms with E-state index >= 15 is 0 Å². The van der Waals surface area contributed by atoms with Crippen LogP contribution >= 0.6 is 0 Å². The highest BCUT2D eigenvalue weighted by Gasteiger charge is 2.38. The molecule has 0 fully saturated rings. The highest BCUT2D eigenvalue weighted by molar-refractivity contribution is 5.75. The van der Waals surface area contributed by atoms with Gasteiger partial charge in [0, 0.05) is 11.4 Å². The van der Waals surface area contributed by atoms with Crippen LogP contribution in [0.2, 0.25) is 0 Å². The smallest absolute Gasteiger partial charge is 0.399 e. The normalized spacial score (nSPS) is 12.5. The maximum Gasteiger partial charge on any atom is 0.417 e. The molecule has 4 N–H and O–H groups in total. The number of halogens is 6. The van der Waals surface area contributed by atoms with E-state index < -0.39 is 29.0 Å². The second-order valence-corrected chi connectivity index (χ2v) is 4.64. The van der Waals surface area contributed by atoms with E-state index in [1.807, 2.05) is 0 Å². The number of hydrogen-bond acceptors (Lipinski definition) is 2. The second kappa shape index (κ2) is 5.11. The van der Waals surface area contributed by atoms with Crippen LogP contribution in [0.1, 0.15) is 11.1 Å². The maximum absolute atomic E-state index is 13.1. The van der Waals surface area contributed by atoms with Crippen LogP contribution in [0.15, 0.2) is 36.4 Å².